The van der Waals surface area contributed by atoms with Gasteiger partial charge in [-0.3, -0.25) is 4.90 Å². The zero-order valence-electron chi connectivity index (χ0n) is 16.9. The van der Waals surface area contributed by atoms with Crippen molar-refractivity contribution in [2.75, 3.05) is 26.2 Å². The van der Waals surface area contributed by atoms with E-state index >= 15 is 0 Å². The molecule has 0 atom stereocenters. The highest BCUT2D eigenvalue weighted by molar-refractivity contribution is 9.10. The van der Waals surface area contributed by atoms with Crippen LogP contribution in [0.1, 0.15) is 5.01 Å². The fraction of sp³-hybridized carbons (Fsp3) is 0.227. The molecule has 2 aromatic carbocycles. The molecule has 1 saturated heterocycles. The van der Waals surface area contributed by atoms with Crippen LogP contribution in [-0.2, 0) is 16.6 Å². The lowest BCUT2D eigenvalue weighted by Crippen LogP contribution is -2.48. The van der Waals surface area contributed by atoms with Crippen LogP contribution >= 0.6 is 50.2 Å². The molecule has 1 fully saturated rings. The molecule has 1 aliphatic heterocycles. The molecule has 32 heavy (non-hydrogen) atoms. The van der Waals surface area contributed by atoms with Crippen LogP contribution in [-0.4, -0.2) is 48.8 Å². The summed E-state index contributed by atoms with van der Waals surface area (Å²) in [6.45, 7) is 3.05. The van der Waals surface area contributed by atoms with Gasteiger partial charge in [0.25, 0.3) is 10.0 Å². The van der Waals surface area contributed by atoms with Crippen molar-refractivity contribution in [1.82, 2.24) is 14.2 Å². The Hall–Kier alpha value is -1.33. The van der Waals surface area contributed by atoms with Gasteiger partial charge in [-0.1, -0.05) is 45.7 Å². The molecule has 0 aliphatic carbocycles. The number of fused-ring (bicyclic) bond motifs is 1. The summed E-state index contributed by atoms with van der Waals surface area (Å²) in [5.41, 5.74) is 2.07. The van der Waals surface area contributed by atoms with Gasteiger partial charge in [0.2, 0.25) is 0 Å². The highest BCUT2D eigenvalue weighted by Crippen LogP contribution is 2.33. The minimum atomic E-state index is -3.50. The molecule has 0 spiro atoms. The number of aromatic nitrogens is 1. The average Bonchev–Trinajstić information content (AvgIpc) is 3.42. The van der Waals surface area contributed by atoms with Gasteiger partial charge in [-0.05, 0) is 35.7 Å². The lowest BCUT2D eigenvalue weighted by Gasteiger charge is -2.33. The third-order valence-corrected chi connectivity index (χ3v) is 10.5. The number of rotatable bonds is 5. The number of hydrogen-bond donors (Lipinski definition) is 0. The van der Waals surface area contributed by atoms with E-state index < -0.39 is 10.0 Å². The zero-order valence-corrected chi connectivity index (χ0v) is 21.7. The Morgan fingerprint density at radius 1 is 1.03 bits per heavy atom. The van der Waals surface area contributed by atoms with E-state index in [1.54, 1.807) is 27.8 Å². The minimum absolute atomic E-state index is 0.377. The summed E-state index contributed by atoms with van der Waals surface area (Å²) < 4.78 is 30.2. The summed E-state index contributed by atoms with van der Waals surface area (Å²) in [5.74, 6) is 0. The van der Waals surface area contributed by atoms with Gasteiger partial charge in [-0.2, -0.15) is 4.31 Å². The van der Waals surface area contributed by atoms with E-state index in [1.165, 1.54) is 11.3 Å². The second-order valence-corrected chi connectivity index (χ2v) is 13.1. The quantitative estimate of drug-likeness (QED) is 0.299. The average molecular weight is 569 g/mol. The molecule has 0 bridgehead atoms. The first-order chi connectivity index (χ1) is 15.4. The van der Waals surface area contributed by atoms with Gasteiger partial charge in [-0.25, -0.2) is 13.4 Å². The molecule has 1 aliphatic rings. The summed E-state index contributed by atoms with van der Waals surface area (Å²) in [6, 6.07) is 15.3. The van der Waals surface area contributed by atoms with Crippen molar-refractivity contribution in [1.29, 1.82) is 0 Å². The van der Waals surface area contributed by atoms with Crippen LogP contribution < -0.4 is 0 Å². The molecule has 0 unspecified atom stereocenters. The monoisotopic (exact) mass is 567 g/mol. The highest BCUT2D eigenvalue weighted by Gasteiger charge is 2.30. The van der Waals surface area contributed by atoms with Crippen molar-refractivity contribution in [2.24, 2.45) is 0 Å². The first kappa shape index (κ1) is 22.5. The largest absolute Gasteiger partial charge is 0.294 e. The molecule has 0 saturated carbocycles. The first-order valence-corrected chi connectivity index (χ1v) is 14.3. The summed E-state index contributed by atoms with van der Waals surface area (Å²) in [6.07, 6.45) is 0. The topological polar surface area (TPSA) is 53.5 Å². The third-order valence-electron chi connectivity index (χ3n) is 5.44. The zero-order chi connectivity index (χ0) is 22.3. The number of piperazine rings is 1. The molecule has 3 heterocycles. The van der Waals surface area contributed by atoms with Gasteiger partial charge in [0, 0.05) is 51.3 Å². The predicted molar refractivity (Wildman–Crippen MR) is 136 cm³/mol. The fourth-order valence-corrected chi connectivity index (χ4v) is 8.05. The fourth-order valence-electron chi connectivity index (χ4n) is 3.69. The number of benzene rings is 2. The van der Waals surface area contributed by atoms with E-state index in [-0.39, 0.29) is 0 Å². The van der Waals surface area contributed by atoms with E-state index in [9.17, 15) is 8.42 Å². The van der Waals surface area contributed by atoms with Crippen LogP contribution in [0.4, 0.5) is 0 Å². The number of thiophene rings is 1. The molecule has 0 N–H and O–H groups in total. The van der Waals surface area contributed by atoms with Crippen molar-refractivity contribution in [2.45, 2.75) is 10.8 Å². The molecule has 166 valence electrons. The number of sulfonamides is 1. The molecule has 0 radical (unpaired) electrons. The highest BCUT2D eigenvalue weighted by atomic mass is 79.9. The van der Waals surface area contributed by atoms with Crippen molar-refractivity contribution in [3.8, 4) is 11.3 Å². The van der Waals surface area contributed by atoms with Crippen LogP contribution in [0.2, 0.25) is 5.02 Å². The SMILES string of the molecule is O=S(=O)(c1cc2ccc(Cl)cc2s1)N1CCN(Cc2nc(-c3ccc(Br)cc3)cs2)CC1. The first-order valence-electron chi connectivity index (χ1n) is 10.0. The second kappa shape index (κ2) is 9.13. The maximum atomic E-state index is 13.2. The molecule has 5 nitrogen and oxygen atoms in total. The van der Waals surface area contributed by atoms with E-state index in [0.29, 0.717) is 35.4 Å². The Morgan fingerprint density at radius 2 is 1.78 bits per heavy atom. The number of halogens is 2. The lowest BCUT2D eigenvalue weighted by molar-refractivity contribution is 0.181. The smallest absolute Gasteiger partial charge is 0.252 e. The minimum Gasteiger partial charge on any atom is -0.294 e. The Balaban J connectivity index is 1.23. The van der Waals surface area contributed by atoms with Crippen LogP contribution in [0.15, 0.2) is 62.6 Å². The van der Waals surface area contributed by atoms with Crippen molar-refractivity contribution >= 4 is 70.3 Å². The Morgan fingerprint density at radius 3 is 2.53 bits per heavy atom. The van der Waals surface area contributed by atoms with E-state index in [4.69, 9.17) is 16.6 Å². The van der Waals surface area contributed by atoms with E-state index in [1.807, 2.05) is 24.3 Å². The summed E-state index contributed by atoms with van der Waals surface area (Å²) in [7, 11) is -3.50. The maximum Gasteiger partial charge on any atom is 0.252 e. The summed E-state index contributed by atoms with van der Waals surface area (Å²) in [5, 5.41) is 4.64. The summed E-state index contributed by atoms with van der Waals surface area (Å²) in [4.78, 5) is 7.04. The maximum absolute atomic E-state index is 13.2. The van der Waals surface area contributed by atoms with Crippen molar-refractivity contribution in [3.05, 3.63) is 68.4 Å². The van der Waals surface area contributed by atoms with Crippen LogP contribution in [0.5, 0.6) is 0 Å². The molecule has 2 aromatic heterocycles. The molecular weight excluding hydrogens is 550 g/mol. The van der Waals surface area contributed by atoms with Gasteiger partial charge >= 0.3 is 0 Å². The summed E-state index contributed by atoms with van der Waals surface area (Å²) >= 11 is 12.4. The van der Waals surface area contributed by atoms with Crippen molar-refractivity contribution in [3.63, 3.8) is 0 Å². The van der Waals surface area contributed by atoms with Crippen LogP contribution in [0, 0.1) is 0 Å². The Kier molecular flexibility index (Phi) is 6.41. The van der Waals surface area contributed by atoms with Gasteiger partial charge in [0.1, 0.15) is 9.22 Å². The normalized spacial score (nSPS) is 16.1. The van der Waals surface area contributed by atoms with Gasteiger partial charge in [0.15, 0.2) is 0 Å². The molecular formula is C22H19BrClN3O2S3. The van der Waals surface area contributed by atoms with E-state index in [0.717, 1.165) is 37.4 Å². The lowest BCUT2D eigenvalue weighted by atomic mass is 10.2. The van der Waals surface area contributed by atoms with Gasteiger partial charge in [0.05, 0.1) is 12.2 Å². The molecule has 10 heteroatoms. The third kappa shape index (κ3) is 4.65. The second-order valence-electron chi connectivity index (χ2n) is 7.56. The number of nitrogens with zero attached hydrogens (tertiary/aromatic N) is 3. The molecule has 5 rings (SSSR count). The van der Waals surface area contributed by atoms with Crippen LogP contribution in [0.25, 0.3) is 21.3 Å². The Labute approximate surface area is 208 Å². The van der Waals surface area contributed by atoms with Crippen LogP contribution in [0.3, 0.4) is 0 Å². The Bertz CT molecular complexity index is 1360. The molecule has 4 aromatic rings. The molecule has 0 amide bonds. The number of hydrogen-bond acceptors (Lipinski definition) is 6. The van der Waals surface area contributed by atoms with Crippen molar-refractivity contribution < 1.29 is 8.42 Å². The van der Waals surface area contributed by atoms with Gasteiger partial charge < -0.3 is 0 Å². The van der Waals surface area contributed by atoms with Gasteiger partial charge in [-0.15, -0.1) is 22.7 Å². The number of thiazole rings is 1. The van der Waals surface area contributed by atoms with E-state index in [2.05, 4.69) is 38.3 Å². The standard InChI is InChI=1S/C22H19BrClN3O2S3/c23-17-4-1-15(2-5-17)19-14-30-21(25-19)13-26-7-9-27(10-8-26)32(28,29)22-11-16-3-6-18(24)12-20(16)31-22/h1-6,11-12,14H,7-10,13H2. The predicted octanol–water partition coefficient (Wildman–Crippen LogP) is 5.95.